The molecule has 0 heterocycles. The van der Waals surface area contributed by atoms with Crippen molar-refractivity contribution in [2.75, 3.05) is 0 Å². The molecular weight excluding hydrogens is 601 g/mol. The fourth-order valence-corrected chi connectivity index (χ4v) is 7.43. The summed E-state index contributed by atoms with van der Waals surface area (Å²) < 4.78 is 66.6. The Balaban J connectivity index is 1.42. The van der Waals surface area contributed by atoms with E-state index < -0.39 is 0 Å². The minimum Gasteiger partial charge on any atom is -0.0616 e. The van der Waals surface area contributed by atoms with Crippen molar-refractivity contribution in [2.24, 2.45) is 0 Å². The molecule has 0 aliphatic carbocycles. The van der Waals surface area contributed by atoms with Crippen LogP contribution in [0.25, 0.3) is 98.4 Å². The van der Waals surface area contributed by atoms with Gasteiger partial charge in [0.1, 0.15) is 0 Å². The standard InChI is InChI=1S/C50H32/c1-3-14-36-29-39(25-23-33(36)11-1)38-17-9-18-42(31-38)49-45-20-7-8-21-46(45)50(44-22-10-16-35-13-5-6-19-43(35)44)47-28-27-41(32-48(47)49)40-26-24-34-12-2-4-15-37(34)30-40/h1-32H/i7D,8D,20D,21D,27D,28D,32D. The zero-order valence-electron chi connectivity index (χ0n) is 33.9. The molecule has 10 aromatic rings. The lowest BCUT2D eigenvalue weighted by molar-refractivity contribution is 1.62. The van der Waals surface area contributed by atoms with Gasteiger partial charge in [0.25, 0.3) is 0 Å². The van der Waals surface area contributed by atoms with E-state index in [1.54, 1.807) is 0 Å². The Kier molecular flexibility index (Phi) is 5.14. The monoisotopic (exact) mass is 639 g/mol. The van der Waals surface area contributed by atoms with Crippen LogP contribution in [0.1, 0.15) is 9.60 Å². The van der Waals surface area contributed by atoms with Crippen molar-refractivity contribution in [1.29, 1.82) is 0 Å². The predicted molar refractivity (Wildman–Crippen MR) is 216 cm³/mol. The first-order valence-electron chi connectivity index (χ1n) is 20.3. The lowest BCUT2D eigenvalue weighted by Crippen LogP contribution is -1.93. The van der Waals surface area contributed by atoms with E-state index in [1.807, 2.05) is 121 Å². The highest BCUT2D eigenvalue weighted by Gasteiger charge is 2.19. The van der Waals surface area contributed by atoms with E-state index in [2.05, 4.69) is 30.3 Å². The van der Waals surface area contributed by atoms with Crippen LogP contribution in [0.4, 0.5) is 0 Å². The molecule has 0 nitrogen and oxygen atoms in total. The largest absolute Gasteiger partial charge is 0.0636 e. The van der Waals surface area contributed by atoms with Crippen molar-refractivity contribution in [1.82, 2.24) is 0 Å². The normalized spacial score (nSPS) is 13.6. The van der Waals surface area contributed by atoms with Crippen LogP contribution in [0.15, 0.2) is 194 Å². The van der Waals surface area contributed by atoms with Crippen LogP contribution in [0.5, 0.6) is 0 Å². The molecule has 50 heavy (non-hydrogen) atoms. The lowest BCUT2D eigenvalue weighted by atomic mass is 9.83. The molecule has 232 valence electrons. The molecule has 10 aromatic carbocycles. The summed E-state index contributed by atoms with van der Waals surface area (Å²) in [7, 11) is 0. The molecule has 0 aromatic heterocycles. The summed E-state index contributed by atoms with van der Waals surface area (Å²) >= 11 is 0. The molecule has 0 heteroatoms. The summed E-state index contributed by atoms with van der Waals surface area (Å²) in [5.74, 6) is 0. The minimum atomic E-state index is -0.388. The Hall–Kier alpha value is -6.50. The van der Waals surface area contributed by atoms with E-state index in [4.69, 9.17) is 2.74 Å². The van der Waals surface area contributed by atoms with Gasteiger partial charge in [0, 0.05) is 0 Å². The average molecular weight is 640 g/mol. The zero-order chi connectivity index (χ0) is 39.1. The third-order valence-corrected chi connectivity index (χ3v) is 9.83. The van der Waals surface area contributed by atoms with E-state index in [0.717, 1.165) is 43.4 Å². The van der Waals surface area contributed by atoms with Gasteiger partial charge < -0.3 is 0 Å². The van der Waals surface area contributed by atoms with Crippen molar-refractivity contribution >= 4 is 53.9 Å². The maximum Gasteiger partial charge on any atom is 0.0636 e. The first kappa shape index (κ1) is 22.2. The van der Waals surface area contributed by atoms with Gasteiger partial charge in [-0.1, -0.05) is 170 Å². The lowest BCUT2D eigenvalue weighted by Gasteiger charge is -2.20. The van der Waals surface area contributed by atoms with Gasteiger partial charge in [0.05, 0.1) is 9.60 Å². The molecule has 0 saturated heterocycles. The number of hydrogen-bond acceptors (Lipinski definition) is 0. The Morgan fingerprint density at radius 2 is 0.840 bits per heavy atom. The predicted octanol–water partition coefficient (Wildman–Crippen LogP) is 14.1. The van der Waals surface area contributed by atoms with Gasteiger partial charge in [-0.2, -0.15) is 0 Å². The second-order valence-corrected chi connectivity index (χ2v) is 12.7. The maximum absolute atomic E-state index is 10.1. The average Bonchev–Trinajstić information content (AvgIpc) is 3.25. The van der Waals surface area contributed by atoms with E-state index in [-0.39, 0.29) is 58.6 Å². The molecule has 0 fully saturated rings. The maximum atomic E-state index is 10.1. The van der Waals surface area contributed by atoms with Gasteiger partial charge in [0.2, 0.25) is 0 Å². The Labute approximate surface area is 301 Å². The smallest absolute Gasteiger partial charge is 0.0616 e. The molecule has 0 saturated carbocycles. The number of benzene rings is 10. The molecule has 0 spiro atoms. The first-order chi connectivity index (χ1) is 27.7. The van der Waals surface area contributed by atoms with Crippen molar-refractivity contribution in [2.45, 2.75) is 0 Å². The van der Waals surface area contributed by atoms with Crippen LogP contribution in [-0.4, -0.2) is 0 Å². The summed E-state index contributed by atoms with van der Waals surface area (Å²) in [5, 5.41) is 7.07. The van der Waals surface area contributed by atoms with Gasteiger partial charge >= 0.3 is 0 Å². The van der Waals surface area contributed by atoms with Gasteiger partial charge in [0.15, 0.2) is 0 Å². The number of fused-ring (bicyclic) bond motifs is 5. The van der Waals surface area contributed by atoms with Crippen molar-refractivity contribution in [3.05, 3.63) is 194 Å². The highest BCUT2D eigenvalue weighted by molar-refractivity contribution is 6.24. The number of rotatable bonds is 4. The van der Waals surface area contributed by atoms with E-state index in [0.29, 0.717) is 38.6 Å². The summed E-state index contributed by atoms with van der Waals surface area (Å²) in [6, 6.07) is 48.1. The van der Waals surface area contributed by atoms with Crippen LogP contribution in [0.3, 0.4) is 0 Å². The van der Waals surface area contributed by atoms with Crippen molar-refractivity contribution in [3.8, 4) is 44.5 Å². The third-order valence-electron chi connectivity index (χ3n) is 9.83. The van der Waals surface area contributed by atoms with Crippen LogP contribution >= 0.6 is 0 Å². The van der Waals surface area contributed by atoms with Gasteiger partial charge in [-0.15, -0.1) is 0 Å². The van der Waals surface area contributed by atoms with Crippen LogP contribution in [-0.2, 0) is 0 Å². The summed E-state index contributed by atoms with van der Waals surface area (Å²) in [4.78, 5) is 0. The topological polar surface area (TPSA) is 0 Å². The van der Waals surface area contributed by atoms with E-state index in [1.165, 1.54) is 0 Å². The van der Waals surface area contributed by atoms with Gasteiger partial charge in [-0.3, -0.25) is 0 Å². The molecule has 0 atom stereocenters. The molecule has 0 unspecified atom stereocenters. The Morgan fingerprint density at radius 3 is 1.58 bits per heavy atom. The highest BCUT2D eigenvalue weighted by atomic mass is 14.2. The van der Waals surface area contributed by atoms with Crippen molar-refractivity contribution in [3.63, 3.8) is 0 Å². The van der Waals surface area contributed by atoms with Crippen LogP contribution in [0, 0.1) is 0 Å². The first-order valence-corrected chi connectivity index (χ1v) is 16.8. The molecule has 0 aliphatic rings. The summed E-state index contributed by atoms with van der Waals surface area (Å²) in [6.07, 6.45) is 0. The summed E-state index contributed by atoms with van der Waals surface area (Å²) in [6.45, 7) is 0. The Morgan fingerprint density at radius 1 is 0.300 bits per heavy atom. The second-order valence-electron chi connectivity index (χ2n) is 12.7. The highest BCUT2D eigenvalue weighted by Crippen LogP contribution is 2.47. The quantitative estimate of drug-likeness (QED) is 0.168. The molecule has 0 radical (unpaired) electrons. The third kappa shape index (κ3) is 4.69. The SMILES string of the molecule is [2H]c1c([2H])c([2H])c2c(-c3cccc4ccccc34)c3c([2H])c([2H])c(-c4ccc5ccccc5c4)c([2H])c3c(-c3cccc(-c4ccc5ccccc5c4)c3)c2c1[2H]. The van der Waals surface area contributed by atoms with Gasteiger partial charge in [-0.05, 0) is 123 Å². The van der Waals surface area contributed by atoms with Crippen LogP contribution in [0.2, 0.25) is 0 Å². The molecule has 0 N–H and O–H groups in total. The fourth-order valence-electron chi connectivity index (χ4n) is 7.43. The van der Waals surface area contributed by atoms with E-state index in [9.17, 15) is 6.85 Å². The second kappa shape index (κ2) is 11.6. The zero-order valence-corrected chi connectivity index (χ0v) is 26.9. The number of hydrogen-bond donors (Lipinski definition) is 0. The van der Waals surface area contributed by atoms with Gasteiger partial charge in [-0.25, -0.2) is 0 Å². The van der Waals surface area contributed by atoms with Crippen LogP contribution < -0.4 is 0 Å². The molecule has 0 aliphatic heterocycles. The molecule has 0 amide bonds. The minimum absolute atomic E-state index is 0.0168. The summed E-state index contributed by atoms with van der Waals surface area (Å²) in [5.41, 5.74) is 4.91. The molecular formula is C50H32. The fraction of sp³-hybridized carbons (Fsp3) is 0. The van der Waals surface area contributed by atoms with E-state index >= 15 is 0 Å². The molecule has 0 bridgehead atoms. The van der Waals surface area contributed by atoms with Crippen molar-refractivity contribution < 1.29 is 9.60 Å². The molecule has 10 rings (SSSR count). The Bertz CT molecular complexity index is 3330.